The minimum Gasteiger partial charge on any atom is -0.463 e. The predicted octanol–water partition coefficient (Wildman–Crippen LogP) is 0.0613. The maximum Gasteiger partial charge on any atom is 0.330 e. The van der Waals surface area contributed by atoms with E-state index < -0.39 is 5.97 Å². The third-order valence-electron chi connectivity index (χ3n) is 3.16. The molecule has 0 saturated heterocycles. The minimum absolute atomic E-state index is 0.0972. The highest BCUT2D eigenvalue weighted by Gasteiger charge is 2.01. The molecular weight excluding hydrogens is 426 g/mol. The van der Waals surface area contributed by atoms with Gasteiger partial charge in [-0.05, 0) is 12.8 Å². The number of ether oxygens (including phenoxy) is 6. The lowest BCUT2D eigenvalue weighted by atomic mass is 10.2. The van der Waals surface area contributed by atoms with Gasteiger partial charge in [-0.3, -0.25) is 4.79 Å². The van der Waals surface area contributed by atoms with E-state index in [0.29, 0.717) is 59.2 Å². The summed E-state index contributed by atoms with van der Waals surface area (Å²) in [7, 11) is 3.21. The molecule has 0 spiro atoms. The molecule has 0 aromatic carbocycles. The second-order valence-corrected chi connectivity index (χ2v) is 5.85. The van der Waals surface area contributed by atoms with Gasteiger partial charge in [-0.25, -0.2) is 4.79 Å². The Morgan fingerprint density at radius 1 is 0.781 bits per heavy atom. The topological polar surface area (TPSA) is 156 Å². The smallest absolute Gasteiger partial charge is 0.330 e. The van der Waals surface area contributed by atoms with Crippen molar-refractivity contribution < 1.29 is 48.2 Å². The van der Waals surface area contributed by atoms with E-state index in [1.165, 1.54) is 0 Å². The van der Waals surface area contributed by atoms with Crippen LogP contribution in [0.15, 0.2) is 12.7 Å². The number of rotatable bonds is 19. The first-order chi connectivity index (χ1) is 15.5. The first-order valence-corrected chi connectivity index (χ1v) is 10.5. The fraction of sp³-hybridized carbons (Fsp3) is 0.810. The van der Waals surface area contributed by atoms with E-state index in [0.717, 1.165) is 25.3 Å². The summed E-state index contributed by atoms with van der Waals surface area (Å²) < 4.78 is 29.3. The van der Waals surface area contributed by atoms with E-state index in [1.807, 2.05) is 0 Å². The number of hydrogen-bond donors (Lipinski definition) is 3. The maximum atomic E-state index is 11.1. The van der Waals surface area contributed by atoms with E-state index in [2.05, 4.69) is 11.3 Å². The number of aliphatic hydroxyl groups excluding tert-OH is 2. The van der Waals surface area contributed by atoms with Crippen molar-refractivity contribution in [3.05, 3.63) is 12.7 Å². The van der Waals surface area contributed by atoms with Gasteiger partial charge in [-0.1, -0.05) is 13.0 Å². The summed E-state index contributed by atoms with van der Waals surface area (Å²) in [5.41, 5.74) is 4.78. The zero-order chi connectivity index (χ0) is 24.7. The van der Waals surface area contributed by atoms with Gasteiger partial charge in [0, 0.05) is 39.9 Å². The predicted molar refractivity (Wildman–Crippen MR) is 119 cm³/mol. The summed E-state index contributed by atoms with van der Waals surface area (Å²) in [4.78, 5) is 21.6. The van der Waals surface area contributed by atoms with Crippen LogP contribution in [-0.4, -0.2) is 109 Å². The van der Waals surface area contributed by atoms with Crippen LogP contribution < -0.4 is 5.73 Å². The van der Waals surface area contributed by atoms with Crippen molar-refractivity contribution in [1.29, 1.82) is 0 Å². The third-order valence-corrected chi connectivity index (χ3v) is 3.16. The Labute approximate surface area is 191 Å². The summed E-state index contributed by atoms with van der Waals surface area (Å²) in [6.07, 6.45) is 3.90. The molecule has 0 rings (SSSR count). The van der Waals surface area contributed by atoms with Crippen molar-refractivity contribution in [2.24, 2.45) is 5.73 Å². The van der Waals surface area contributed by atoms with Crippen LogP contribution in [0.5, 0.6) is 0 Å². The highest BCUT2D eigenvalue weighted by molar-refractivity contribution is 5.81. The molecule has 32 heavy (non-hydrogen) atoms. The lowest BCUT2D eigenvalue weighted by Crippen LogP contribution is -2.12. The Morgan fingerprint density at radius 3 is 1.72 bits per heavy atom. The third kappa shape index (κ3) is 38.9. The zero-order valence-electron chi connectivity index (χ0n) is 19.6. The number of unbranched alkanes of at least 4 members (excludes halogenated alkanes) is 2. The molecule has 0 heterocycles. The van der Waals surface area contributed by atoms with Gasteiger partial charge in [0.05, 0.1) is 46.2 Å². The fourth-order valence-electron chi connectivity index (χ4n) is 1.59. The molecule has 11 heteroatoms. The van der Waals surface area contributed by atoms with Crippen LogP contribution in [0, 0.1) is 0 Å². The Morgan fingerprint density at radius 2 is 1.28 bits per heavy atom. The average Bonchev–Trinajstić information content (AvgIpc) is 2.81. The molecule has 11 nitrogen and oxygen atoms in total. The number of esters is 2. The second kappa shape index (κ2) is 34.0. The standard InChI is InChI=1S/C11H22O5.C8H14O4.C2H7NO/c1-14-7-8-15-9-10-16-11(13)5-3-2-4-6-12;1-3-8(9)12-7-6-11-5-4-10-2;3-1-2-4/h12H,2-10H2,1H3;3H,1,4-7H2,2H3;4H,1-3H2. The Bertz CT molecular complexity index is 395. The summed E-state index contributed by atoms with van der Waals surface area (Å²) >= 11 is 0. The number of carbonyl (C=O) groups is 2. The van der Waals surface area contributed by atoms with Crippen molar-refractivity contribution in [3.8, 4) is 0 Å². The van der Waals surface area contributed by atoms with E-state index in [-0.39, 0.29) is 25.8 Å². The van der Waals surface area contributed by atoms with E-state index in [1.54, 1.807) is 14.2 Å². The van der Waals surface area contributed by atoms with Crippen molar-refractivity contribution in [1.82, 2.24) is 0 Å². The molecule has 0 aliphatic heterocycles. The minimum atomic E-state index is -0.426. The number of nitrogens with two attached hydrogens (primary N) is 1. The Hall–Kier alpha value is -1.60. The van der Waals surface area contributed by atoms with E-state index in [4.69, 9.17) is 39.6 Å². The number of aliphatic hydroxyl groups is 2. The zero-order valence-corrected chi connectivity index (χ0v) is 19.6. The summed E-state index contributed by atoms with van der Waals surface area (Å²) in [5.74, 6) is -0.626. The molecule has 0 radical (unpaired) electrons. The fourth-order valence-corrected chi connectivity index (χ4v) is 1.59. The summed E-state index contributed by atoms with van der Waals surface area (Å²) in [6.45, 7) is 7.40. The van der Waals surface area contributed by atoms with Crippen molar-refractivity contribution >= 4 is 11.9 Å². The van der Waals surface area contributed by atoms with Crippen molar-refractivity contribution in [3.63, 3.8) is 0 Å². The molecule has 0 amide bonds. The van der Waals surface area contributed by atoms with Crippen LogP contribution in [0.1, 0.15) is 25.7 Å². The monoisotopic (exact) mass is 469 g/mol. The first kappa shape index (κ1) is 35.0. The SMILES string of the molecule is C=CC(=O)OCCOCCOC.COCCOCCOC(=O)CCCCCO.NCCO. The van der Waals surface area contributed by atoms with E-state index >= 15 is 0 Å². The highest BCUT2D eigenvalue weighted by Crippen LogP contribution is 2.00. The van der Waals surface area contributed by atoms with E-state index in [9.17, 15) is 9.59 Å². The summed E-state index contributed by atoms with van der Waals surface area (Å²) in [5, 5.41) is 16.3. The van der Waals surface area contributed by atoms with Crippen LogP contribution in [0.4, 0.5) is 0 Å². The normalized spacial score (nSPS) is 9.66. The van der Waals surface area contributed by atoms with Crippen molar-refractivity contribution in [2.45, 2.75) is 25.7 Å². The van der Waals surface area contributed by atoms with Gasteiger partial charge in [0.1, 0.15) is 13.2 Å². The molecule has 0 saturated carbocycles. The molecular formula is C21H43NO10. The number of methoxy groups -OCH3 is 2. The Kier molecular flexibility index (Phi) is 37.2. The van der Waals surface area contributed by atoms with Crippen molar-refractivity contribution in [2.75, 3.05) is 86.8 Å². The first-order valence-electron chi connectivity index (χ1n) is 10.5. The molecule has 192 valence electrons. The number of carbonyl (C=O) groups excluding carboxylic acids is 2. The largest absolute Gasteiger partial charge is 0.463 e. The summed E-state index contributed by atoms with van der Waals surface area (Å²) in [6, 6.07) is 0. The molecule has 0 aromatic rings. The molecule has 0 fully saturated rings. The highest BCUT2D eigenvalue weighted by atomic mass is 16.6. The molecule has 0 aliphatic carbocycles. The Balaban J connectivity index is -0.000000462. The van der Waals surface area contributed by atoms with Crippen LogP contribution in [-0.2, 0) is 38.0 Å². The number of hydrogen-bond acceptors (Lipinski definition) is 11. The average molecular weight is 470 g/mol. The molecule has 0 bridgehead atoms. The van der Waals surface area contributed by atoms with Crippen LogP contribution in [0.25, 0.3) is 0 Å². The molecule has 0 atom stereocenters. The second-order valence-electron chi connectivity index (χ2n) is 5.85. The quantitative estimate of drug-likeness (QED) is 0.133. The van der Waals surface area contributed by atoms with Crippen LogP contribution in [0.2, 0.25) is 0 Å². The van der Waals surface area contributed by atoms with Gasteiger partial charge < -0.3 is 44.4 Å². The molecule has 0 unspecified atom stereocenters. The molecule has 0 aromatic heterocycles. The maximum absolute atomic E-state index is 11.1. The van der Waals surface area contributed by atoms with Gasteiger partial charge >= 0.3 is 11.9 Å². The molecule has 0 aliphatic rings. The van der Waals surface area contributed by atoms with Crippen LogP contribution in [0.3, 0.4) is 0 Å². The van der Waals surface area contributed by atoms with Crippen LogP contribution >= 0.6 is 0 Å². The molecule has 4 N–H and O–H groups in total. The van der Waals surface area contributed by atoms with Gasteiger partial charge in [-0.2, -0.15) is 0 Å². The lowest BCUT2D eigenvalue weighted by molar-refractivity contribution is -0.145. The van der Waals surface area contributed by atoms with Gasteiger partial charge in [-0.15, -0.1) is 0 Å². The van der Waals surface area contributed by atoms with Gasteiger partial charge in [0.15, 0.2) is 0 Å². The van der Waals surface area contributed by atoms with Gasteiger partial charge in [0.2, 0.25) is 0 Å². The lowest BCUT2D eigenvalue weighted by Gasteiger charge is -2.05. The van der Waals surface area contributed by atoms with Gasteiger partial charge in [0.25, 0.3) is 0 Å².